The maximum atomic E-state index is 5.11. The van der Waals surface area contributed by atoms with Gasteiger partial charge < -0.3 is 4.57 Å². The third-order valence-electron chi connectivity index (χ3n) is 5.55. The zero-order valence-corrected chi connectivity index (χ0v) is 14.9. The lowest BCUT2D eigenvalue weighted by atomic mass is 10.2. The van der Waals surface area contributed by atoms with Crippen LogP contribution in [-0.2, 0) is 7.05 Å². The van der Waals surface area contributed by atoms with E-state index >= 15 is 0 Å². The van der Waals surface area contributed by atoms with Crippen LogP contribution in [0.5, 0.6) is 0 Å². The van der Waals surface area contributed by atoms with Crippen LogP contribution >= 0.6 is 0 Å². The van der Waals surface area contributed by atoms with Crippen LogP contribution < -0.4 is 0 Å². The smallest absolute Gasteiger partial charge is 0.138 e. The topological polar surface area (TPSA) is 22.8 Å². The highest BCUT2D eigenvalue weighted by atomic mass is 15.1. The molecule has 0 atom stereocenters. The highest BCUT2D eigenvalue weighted by Gasteiger charge is 2.14. The van der Waals surface area contributed by atoms with E-state index in [2.05, 4.69) is 101 Å². The van der Waals surface area contributed by atoms with E-state index in [1.54, 1.807) is 0 Å². The highest BCUT2D eigenvalue weighted by Crippen LogP contribution is 2.33. The summed E-state index contributed by atoms with van der Waals surface area (Å²) in [6.07, 6.45) is 0. The average molecular weight is 347 g/mol. The first-order valence-corrected chi connectivity index (χ1v) is 9.16. The van der Waals surface area contributed by atoms with Crippen LogP contribution in [0.1, 0.15) is 0 Å². The summed E-state index contributed by atoms with van der Waals surface area (Å²) in [5.41, 5.74) is 5.78. The minimum absolute atomic E-state index is 0.955. The molecule has 27 heavy (non-hydrogen) atoms. The van der Waals surface area contributed by atoms with E-state index < -0.39 is 0 Å². The molecule has 128 valence electrons. The average Bonchev–Trinajstić information content (AvgIpc) is 3.21. The van der Waals surface area contributed by atoms with Crippen molar-refractivity contribution in [2.24, 2.45) is 7.05 Å². The molecule has 0 aliphatic heterocycles. The Kier molecular flexibility index (Phi) is 2.81. The molecule has 3 aromatic carbocycles. The van der Waals surface area contributed by atoms with Crippen LogP contribution in [0, 0.1) is 0 Å². The molecule has 3 heterocycles. The van der Waals surface area contributed by atoms with Crippen molar-refractivity contribution in [2.45, 2.75) is 0 Å². The number of hydrogen-bond acceptors (Lipinski definition) is 1. The van der Waals surface area contributed by atoms with E-state index in [1.165, 1.54) is 32.7 Å². The normalized spacial score (nSPS) is 11.9. The van der Waals surface area contributed by atoms with Gasteiger partial charge in [0.15, 0.2) is 0 Å². The first-order valence-electron chi connectivity index (χ1n) is 9.16. The Balaban J connectivity index is 1.77. The number of benzene rings is 3. The molecule has 6 rings (SSSR count). The largest absolute Gasteiger partial charge is 0.342 e. The molecule has 6 aromatic rings. The lowest BCUT2D eigenvalue weighted by Gasteiger charge is -2.07. The molecule has 3 heteroatoms. The highest BCUT2D eigenvalue weighted by molar-refractivity contribution is 6.10. The zero-order chi connectivity index (χ0) is 18.0. The third kappa shape index (κ3) is 1.88. The Morgan fingerprint density at radius 2 is 1.11 bits per heavy atom. The number of aromatic nitrogens is 3. The van der Waals surface area contributed by atoms with Gasteiger partial charge in [-0.2, -0.15) is 0 Å². The second-order valence-electron chi connectivity index (χ2n) is 6.98. The molecule has 0 radical (unpaired) electrons. The number of hydrogen-bond donors (Lipinski definition) is 0. The molecular weight excluding hydrogens is 330 g/mol. The van der Waals surface area contributed by atoms with Gasteiger partial charge in [0.1, 0.15) is 5.82 Å². The van der Waals surface area contributed by atoms with Crippen molar-refractivity contribution in [3.05, 3.63) is 84.9 Å². The van der Waals surface area contributed by atoms with Gasteiger partial charge in [-0.1, -0.05) is 54.6 Å². The SMILES string of the molecule is Cn1c2ccccc2c2nc(-n3c4ccccc4c4ccccc43)ccc21. The van der Waals surface area contributed by atoms with Gasteiger partial charge in [0, 0.05) is 23.2 Å². The monoisotopic (exact) mass is 347 g/mol. The zero-order valence-electron chi connectivity index (χ0n) is 14.9. The summed E-state index contributed by atoms with van der Waals surface area (Å²) >= 11 is 0. The molecular formula is C24H17N3. The van der Waals surface area contributed by atoms with Gasteiger partial charge in [-0.05, 0) is 30.3 Å². The van der Waals surface area contributed by atoms with E-state index in [4.69, 9.17) is 4.98 Å². The summed E-state index contributed by atoms with van der Waals surface area (Å²) in [6, 6.07) is 29.9. The molecule has 0 bridgehead atoms. The Morgan fingerprint density at radius 1 is 0.556 bits per heavy atom. The predicted molar refractivity (Wildman–Crippen MR) is 113 cm³/mol. The van der Waals surface area contributed by atoms with E-state index in [9.17, 15) is 0 Å². The number of pyridine rings is 1. The summed E-state index contributed by atoms with van der Waals surface area (Å²) in [7, 11) is 2.10. The van der Waals surface area contributed by atoms with Gasteiger partial charge >= 0.3 is 0 Å². The molecule has 0 saturated heterocycles. The number of aryl methyl sites for hydroxylation is 1. The fourth-order valence-corrected chi connectivity index (χ4v) is 4.30. The summed E-state index contributed by atoms with van der Waals surface area (Å²) < 4.78 is 4.49. The molecule has 0 amide bonds. The fourth-order valence-electron chi connectivity index (χ4n) is 4.30. The van der Waals surface area contributed by atoms with Crippen LogP contribution in [-0.4, -0.2) is 14.1 Å². The van der Waals surface area contributed by atoms with Crippen molar-refractivity contribution in [2.75, 3.05) is 0 Å². The number of rotatable bonds is 1. The second-order valence-corrected chi connectivity index (χ2v) is 6.98. The standard InChI is InChI=1S/C24H17N3/c1-26-19-11-5-4-10-18(19)24-22(26)14-15-23(25-24)27-20-12-6-2-8-16(20)17-9-3-7-13-21(17)27/h2-15H,1H3. The van der Waals surface area contributed by atoms with Crippen molar-refractivity contribution in [3.8, 4) is 5.82 Å². The van der Waals surface area contributed by atoms with Gasteiger partial charge in [-0.15, -0.1) is 0 Å². The van der Waals surface area contributed by atoms with Crippen molar-refractivity contribution < 1.29 is 0 Å². The molecule has 0 aliphatic carbocycles. The first-order chi connectivity index (χ1) is 13.3. The van der Waals surface area contributed by atoms with Gasteiger partial charge in [0.2, 0.25) is 0 Å². The minimum atomic E-state index is 0.955. The lowest BCUT2D eigenvalue weighted by molar-refractivity contribution is 1.01. The van der Waals surface area contributed by atoms with Crippen molar-refractivity contribution in [3.63, 3.8) is 0 Å². The van der Waals surface area contributed by atoms with Gasteiger partial charge in [-0.25, -0.2) is 4.98 Å². The molecule has 0 unspecified atom stereocenters. The van der Waals surface area contributed by atoms with Crippen molar-refractivity contribution in [1.82, 2.24) is 14.1 Å². The van der Waals surface area contributed by atoms with Gasteiger partial charge in [0.25, 0.3) is 0 Å². The Bertz CT molecular complexity index is 1430. The Morgan fingerprint density at radius 3 is 1.78 bits per heavy atom. The minimum Gasteiger partial charge on any atom is -0.342 e. The lowest BCUT2D eigenvalue weighted by Crippen LogP contribution is -1.97. The quantitative estimate of drug-likeness (QED) is 0.367. The number of para-hydroxylation sites is 3. The number of fused-ring (bicyclic) bond motifs is 6. The van der Waals surface area contributed by atoms with E-state index in [0.29, 0.717) is 0 Å². The predicted octanol–water partition coefficient (Wildman–Crippen LogP) is 5.82. The van der Waals surface area contributed by atoms with E-state index in [-0.39, 0.29) is 0 Å². The van der Waals surface area contributed by atoms with E-state index in [1.807, 2.05) is 0 Å². The van der Waals surface area contributed by atoms with Gasteiger partial charge in [-0.3, -0.25) is 4.57 Å². The summed E-state index contributed by atoms with van der Waals surface area (Å²) in [5.74, 6) is 0.955. The van der Waals surface area contributed by atoms with Crippen molar-refractivity contribution >= 4 is 43.7 Å². The third-order valence-corrected chi connectivity index (χ3v) is 5.55. The number of nitrogens with zero attached hydrogens (tertiary/aromatic N) is 3. The summed E-state index contributed by atoms with van der Waals surface area (Å²) in [4.78, 5) is 5.11. The summed E-state index contributed by atoms with van der Waals surface area (Å²) in [5, 5.41) is 3.71. The Labute approximate surface area is 156 Å². The Hall–Kier alpha value is -3.59. The van der Waals surface area contributed by atoms with Crippen LogP contribution in [0.4, 0.5) is 0 Å². The van der Waals surface area contributed by atoms with Crippen LogP contribution in [0.3, 0.4) is 0 Å². The molecule has 0 aliphatic rings. The van der Waals surface area contributed by atoms with Crippen LogP contribution in [0.2, 0.25) is 0 Å². The molecule has 0 N–H and O–H groups in total. The molecule has 3 aromatic heterocycles. The molecule has 3 nitrogen and oxygen atoms in total. The van der Waals surface area contributed by atoms with Crippen LogP contribution in [0.15, 0.2) is 84.9 Å². The fraction of sp³-hybridized carbons (Fsp3) is 0.0417. The first kappa shape index (κ1) is 14.6. The summed E-state index contributed by atoms with van der Waals surface area (Å²) in [6.45, 7) is 0. The maximum absolute atomic E-state index is 5.11. The van der Waals surface area contributed by atoms with E-state index in [0.717, 1.165) is 16.9 Å². The molecule has 0 saturated carbocycles. The molecule has 0 spiro atoms. The van der Waals surface area contributed by atoms with Gasteiger partial charge in [0.05, 0.1) is 27.6 Å². The second kappa shape index (κ2) is 5.21. The maximum Gasteiger partial charge on any atom is 0.138 e. The molecule has 0 fully saturated rings. The van der Waals surface area contributed by atoms with Crippen LogP contribution in [0.25, 0.3) is 49.6 Å². The van der Waals surface area contributed by atoms with Crippen molar-refractivity contribution in [1.29, 1.82) is 0 Å².